The van der Waals surface area contributed by atoms with E-state index in [9.17, 15) is 13.9 Å². The first-order valence-corrected chi connectivity index (χ1v) is 10.3. The smallest absolute Gasteiger partial charge is 0.123 e. The lowest BCUT2D eigenvalue weighted by atomic mass is 10.1. The molecule has 1 aliphatic carbocycles. The van der Waals surface area contributed by atoms with Gasteiger partial charge in [-0.05, 0) is 42.7 Å². The molecule has 28 heavy (non-hydrogen) atoms. The third-order valence-corrected chi connectivity index (χ3v) is 6.35. The molecule has 5 nitrogen and oxygen atoms in total. The molecule has 1 saturated carbocycles. The summed E-state index contributed by atoms with van der Waals surface area (Å²) >= 11 is 0. The maximum Gasteiger partial charge on any atom is 0.123 e. The molecule has 0 saturated heterocycles. The highest BCUT2D eigenvalue weighted by Crippen LogP contribution is 2.35. The van der Waals surface area contributed by atoms with E-state index in [-0.39, 0.29) is 11.9 Å². The van der Waals surface area contributed by atoms with Gasteiger partial charge >= 0.3 is 0 Å². The summed E-state index contributed by atoms with van der Waals surface area (Å²) < 4.78 is 34.8. The number of ether oxygens (including phenoxy) is 1. The van der Waals surface area contributed by atoms with Crippen LogP contribution in [0, 0.1) is 11.3 Å². The van der Waals surface area contributed by atoms with Crippen molar-refractivity contribution in [1.82, 2.24) is 4.57 Å². The van der Waals surface area contributed by atoms with Crippen molar-refractivity contribution in [2.45, 2.75) is 18.1 Å². The average molecular weight is 397 g/mol. The van der Waals surface area contributed by atoms with Crippen molar-refractivity contribution in [3.63, 3.8) is 0 Å². The van der Waals surface area contributed by atoms with Crippen LogP contribution in [0.4, 0.5) is 10.1 Å². The number of nitriles is 1. The van der Waals surface area contributed by atoms with E-state index in [1.807, 2.05) is 48.0 Å². The van der Waals surface area contributed by atoms with Crippen molar-refractivity contribution in [2.24, 2.45) is 7.05 Å². The number of aryl methyl sites for hydroxylation is 1. The van der Waals surface area contributed by atoms with E-state index in [0.717, 1.165) is 40.7 Å². The summed E-state index contributed by atoms with van der Waals surface area (Å²) in [6.45, 7) is -0.545. The molecule has 0 radical (unpaired) electrons. The number of rotatable bonds is 7. The first-order valence-electron chi connectivity index (χ1n) is 9.11. The van der Waals surface area contributed by atoms with Crippen LogP contribution >= 0.6 is 0 Å². The lowest BCUT2D eigenvalue weighted by Gasteiger charge is -2.09. The Morgan fingerprint density at radius 1 is 1.29 bits per heavy atom. The van der Waals surface area contributed by atoms with E-state index >= 15 is 0 Å². The Balaban J connectivity index is 1.70. The van der Waals surface area contributed by atoms with Crippen LogP contribution in [0.1, 0.15) is 18.4 Å². The maximum absolute atomic E-state index is 12.4. The van der Waals surface area contributed by atoms with Gasteiger partial charge in [0.05, 0.1) is 22.0 Å². The van der Waals surface area contributed by atoms with Gasteiger partial charge in [0.1, 0.15) is 36.1 Å². The highest BCUT2D eigenvalue weighted by Gasteiger charge is 2.28. The van der Waals surface area contributed by atoms with E-state index < -0.39 is 17.7 Å². The third kappa shape index (κ3) is 3.48. The minimum atomic E-state index is -1.04. The molecule has 1 unspecified atom stereocenters. The molecular formula is C21H20FN3O2S. The van der Waals surface area contributed by atoms with E-state index in [1.165, 1.54) is 0 Å². The van der Waals surface area contributed by atoms with Crippen molar-refractivity contribution >= 4 is 27.6 Å². The monoisotopic (exact) mass is 397 g/mol. The zero-order valence-electron chi connectivity index (χ0n) is 15.4. The standard InChI is InChI=1S/C21H20FN3O2S/c1-25-20-12-16(27-11-10-22)6-9-18(20)19(13-23)21(25)14-2-4-15(5-3-14)24-28(26)17-7-8-17/h2-6,9,12,17,24H,7-8,10-11H2,1H3. The summed E-state index contributed by atoms with van der Waals surface area (Å²) in [4.78, 5) is 0. The van der Waals surface area contributed by atoms with Crippen LogP contribution < -0.4 is 9.46 Å². The number of benzene rings is 2. The number of aromatic nitrogens is 1. The van der Waals surface area contributed by atoms with Gasteiger partial charge in [-0.2, -0.15) is 5.26 Å². The molecule has 1 aliphatic rings. The zero-order chi connectivity index (χ0) is 19.7. The number of nitrogens with zero attached hydrogens (tertiary/aromatic N) is 2. The molecular weight excluding hydrogens is 377 g/mol. The van der Waals surface area contributed by atoms with Crippen LogP contribution in [0.5, 0.6) is 5.75 Å². The van der Waals surface area contributed by atoms with Gasteiger partial charge < -0.3 is 14.0 Å². The number of alkyl halides is 1. The Hall–Kier alpha value is -2.85. The second-order valence-corrected chi connectivity index (χ2v) is 8.25. The van der Waals surface area contributed by atoms with Crippen LogP contribution in [0.15, 0.2) is 42.5 Å². The van der Waals surface area contributed by atoms with Gasteiger partial charge in [-0.15, -0.1) is 0 Å². The second kappa shape index (κ2) is 7.64. The molecule has 0 spiro atoms. The van der Waals surface area contributed by atoms with Gasteiger partial charge in [0.2, 0.25) is 0 Å². The Labute approximate surface area is 165 Å². The van der Waals surface area contributed by atoms with Gasteiger partial charge in [0.15, 0.2) is 0 Å². The van der Waals surface area contributed by atoms with Gasteiger partial charge in [0, 0.05) is 24.2 Å². The average Bonchev–Trinajstić information content (AvgIpc) is 3.52. The van der Waals surface area contributed by atoms with E-state index in [0.29, 0.717) is 11.3 Å². The Morgan fingerprint density at radius 2 is 2.04 bits per heavy atom. The van der Waals surface area contributed by atoms with Crippen molar-refractivity contribution in [3.8, 4) is 23.1 Å². The fourth-order valence-electron chi connectivity index (χ4n) is 3.29. The molecule has 7 heteroatoms. The van der Waals surface area contributed by atoms with Crippen molar-refractivity contribution in [2.75, 3.05) is 18.0 Å². The molecule has 1 N–H and O–H groups in total. The number of hydrogen-bond acceptors (Lipinski definition) is 3. The SMILES string of the molecule is Cn1c(-c2ccc(NS(=O)C3CC3)cc2)c(C#N)c2ccc(OCCF)cc21. The summed E-state index contributed by atoms with van der Waals surface area (Å²) in [5.41, 5.74) is 3.92. The molecule has 0 bridgehead atoms. The number of nitrogens with one attached hydrogen (secondary N) is 1. The van der Waals surface area contributed by atoms with Crippen LogP contribution in [-0.4, -0.2) is 27.3 Å². The molecule has 1 aromatic heterocycles. The third-order valence-electron chi connectivity index (χ3n) is 4.83. The first-order chi connectivity index (χ1) is 13.6. The van der Waals surface area contributed by atoms with Crippen molar-refractivity contribution < 1.29 is 13.3 Å². The molecule has 4 rings (SSSR count). The Morgan fingerprint density at radius 3 is 2.68 bits per heavy atom. The first kappa shape index (κ1) is 18.5. The van der Waals surface area contributed by atoms with Crippen LogP contribution in [-0.2, 0) is 18.0 Å². The number of fused-ring (bicyclic) bond motifs is 1. The predicted molar refractivity (Wildman–Crippen MR) is 109 cm³/mol. The molecule has 2 aromatic carbocycles. The van der Waals surface area contributed by atoms with E-state index in [4.69, 9.17) is 4.74 Å². The van der Waals surface area contributed by atoms with Gasteiger partial charge in [0.25, 0.3) is 0 Å². The lowest BCUT2D eigenvalue weighted by Crippen LogP contribution is -2.08. The lowest BCUT2D eigenvalue weighted by molar-refractivity contribution is 0.273. The Bertz CT molecular complexity index is 1080. The summed E-state index contributed by atoms with van der Waals surface area (Å²) in [7, 11) is 0.855. The molecule has 0 amide bonds. The fraction of sp³-hybridized carbons (Fsp3) is 0.286. The largest absolute Gasteiger partial charge is 0.491 e. The van der Waals surface area contributed by atoms with Gasteiger partial charge in [-0.1, -0.05) is 12.1 Å². The van der Waals surface area contributed by atoms with E-state index in [1.54, 1.807) is 6.07 Å². The highest BCUT2D eigenvalue weighted by atomic mass is 32.2. The van der Waals surface area contributed by atoms with Crippen LogP contribution in [0.3, 0.4) is 0 Å². The number of anilines is 1. The quantitative estimate of drug-likeness (QED) is 0.646. The predicted octanol–water partition coefficient (Wildman–Crippen LogP) is 4.30. The molecule has 3 aromatic rings. The van der Waals surface area contributed by atoms with Crippen molar-refractivity contribution in [1.29, 1.82) is 5.26 Å². The molecule has 1 fully saturated rings. The Kier molecular flexibility index (Phi) is 5.05. The number of hydrogen-bond donors (Lipinski definition) is 1. The van der Waals surface area contributed by atoms with Gasteiger partial charge in [-0.3, -0.25) is 0 Å². The number of halogens is 1. The summed E-state index contributed by atoms with van der Waals surface area (Å²) in [5.74, 6) is 0.573. The summed E-state index contributed by atoms with van der Waals surface area (Å²) in [6, 6.07) is 15.3. The second-order valence-electron chi connectivity index (χ2n) is 6.79. The van der Waals surface area contributed by atoms with Crippen molar-refractivity contribution in [3.05, 3.63) is 48.0 Å². The molecule has 1 heterocycles. The molecule has 0 aliphatic heterocycles. The van der Waals surface area contributed by atoms with Gasteiger partial charge in [-0.25, -0.2) is 8.60 Å². The highest BCUT2D eigenvalue weighted by molar-refractivity contribution is 7.87. The van der Waals surface area contributed by atoms with Crippen LogP contribution in [0.25, 0.3) is 22.2 Å². The van der Waals surface area contributed by atoms with Crippen LogP contribution in [0.2, 0.25) is 0 Å². The summed E-state index contributed by atoms with van der Waals surface area (Å²) in [6.07, 6.45) is 2.02. The topological polar surface area (TPSA) is 67.0 Å². The maximum atomic E-state index is 12.4. The minimum absolute atomic E-state index is 0.00455. The van der Waals surface area contributed by atoms with E-state index in [2.05, 4.69) is 10.8 Å². The fourth-order valence-corrected chi connectivity index (χ4v) is 4.39. The normalized spacial score (nSPS) is 14.6. The zero-order valence-corrected chi connectivity index (χ0v) is 16.3. The molecule has 1 atom stereocenters. The summed E-state index contributed by atoms with van der Waals surface area (Å²) in [5, 5.41) is 10.8. The minimum Gasteiger partial charge on any atom is -0.491 e. The molecule has 144 valence electrons.